The smallest absolute Gasteiger partial charge is 0.261 e. The van der Waals surface area contributed by atoms with Gasteiger partial charge in [0.25, 0.3) is 11.8 Å². The number of hydrogen-bond donors (Lipinski definition) is 2. The van der Waals surface area contributed by atoms with Gasteiger partial charge in [0.15, 0.2) is 11.3 Å². The largest absolute Gasteiger partial charge is 0.491 e. The topological polar surface area (TPSA) is 118 Å². The Morgan fingerprint density at radius 2 is 1.71 bits per heavy atom. The van der Waals surface area contributed by atoms with E-state index in [1.807, 2.05) is 53.1 Å². The third-order valence-corrected chi connectivity index (χ3v) is 6.74. The Kier molecular flexibility index (Phi) is 5.40. The summed E-state index contributed by atoms with van der Waals surface area (Å²) in [5.41, 5.74) is 4.30. The number of imidazole rings is 1. The van der Waals surface area contributed by atoms with Gasteiger partial charge in [0, 0.05) is 18.0 Å². The van der Waals surface area contributed by atoms with Gasteiger partial charge in [0.1, 0.15) is 11.3 Å². The standard InChI is InChI=1S/C25H23FN8O/c26-22-20-21(25(35)31-28-22)34(24(27-20)17-6-2-1-3-7-17)14-15-10-12-16(13-11-15)18-8-4-5-9-19(18)23-29-32-33-30-23/h4-5,8-13,17H,1-3,6-7,14H2,(H,31,35)(H,29,30,32,33). The monoisotopic (exact) mass is 470 g/mol. The van der Waals surface area contributed by atoms with Crippen LogP contribution in [0.25, 0.3) is 33.5 Å². The number of tetrazole rings is 1. The Morgan fingerprint density at radius 3 is 2.46 bits per heavy atom. The minimum absolute atomic E-state index is 0.0734. The number of nitrogens with one attached hydrogen (secondary N) is 1. The van der Waals surface area contributed by atoms with Gasteiger partial charge in [0.05, 0.1) is 0 Å². The molecule has 9 nitrogen and oxygen atoms in total. The van der Waals surface area contributed by atoms with Crippen LogP contribution in [0.3, 0.4) is 0 Å². The summed E-state index contributed by atoms with van der Waals surface area (Å²) in [6.45, 7) is 0.439. The van der Waals surface area contributed by atoms with Crippen LogP contribution in [0, 0.1) is 5.95 Å². The zero-order valence-corrected chi connectivity index (χ0v) is 18.9. The first-order valence-electron chi connectivity index (χ1n) is 11.7. The maximum absolute atomic E-state index is 14.5. The lowest BCUT2D eigenvalue weighted by atomic mass is 9.88. The van der Waals surface area contributed by atoms with Gasteiger partial charge in [-0.3, -0.25) is 0 Å². The number of fused-ring (bicyclic) bond motifs is 1. The van der Waals surface area contributed by atoms with Gasteiger partial charge in [-0.15, -0.1) is 15.3 Å². The molecule has 0 atom stereocenters. The molecule has 0 bridgehead atoms. The number of hydrogen-bond acceptors (Lipinski definition) is 7. The second kappa shape index (κ2) is 8.86. The van der Waals surface area contributed by atoms with Crippen molar-refractivity contribution in [1.82, 2.24) is 40.4 Å². The third-order valence-electron chi connectivity index (χ3n) is 6.74. The zero-order chi connectivity index (χ0) is 23.8. The second-order valence-corrected chi connectivity index (χ2v) is 8.90. The number of aromatic nitrogens is 8. The summed E-state index contributed by atoms with van der Waals surface area (Å²) >= 11 is 0. The molecule has 3 aromatic heterocycles. The number of benzene rings is 2. The molecular weight excluding hydrogens is 447 g/mol. The van der Waals surface area contributed by atoms with E-state index in [0.29, 0.717) is 17.9 Å². The summed E-state index contributed by atoms with van der Waals surface area (Å²) < 4.78 is 16.4. The van der Waals surface area contributed by atoms with Crippen molar-refractivity contribution in [2.24, 2.45) is 0 Å². The highest BCUT2D eigenvalue weighted by Gasteiger charge is 2.26. The summed E-state index contributed by atoms with van der Waals surface area (Å²) in [6, 6.07) is 16.1. The van der Waals surface area contributed by atoms with Crippen LogP contribution in [-0.4, -0.2) is 45.5 Å². The molecule has 1 aliphatic rings. The molecule has 1 fully saturated rings. The fraction of sp³-hybridized carbons (Fsp3) is 0.280. The maximum atomic E-state index is 14.5. The number of aromatic hydroxyl groups is 1. The number of rotatable bonds is 5. The van der Waals surface area contributed by atoms with Crippen LogP contribution in [0.2, 0.25) is 0 Å². The quantitative estimate of drug-likeness (QED) is 0.385. The SMILES string of the molecule is Oc1nnc(F)c2nc(C3CCCCC3)n(Cc3ccc(-c4ccccc4-c4nnn[nH]4)cc3)c12. The van der Waals surface area contributed by atoms with E-state index in [2.05, 4.69) is 35.8 Å². The Balaban J connectivity index is 1.38. The van der Waals surface area contributed by atoms with Crippen LogP contribution >= 0.6 is 0 Å². The molecule has 2 N–H and O–H groups in total. The zero-order valence-electron chi connectivity index (χ0n) is 18.9. The summed E-state index contributed by atoms with van der Waals surface area (Å²) in [5, 5.41) is 31.7. The Morgan fingerprint density at radius 1 is 0.943 bits per heavy atom. The van der Waals surface area contributed by atoms with Gasteiger partial charge < -0.3 is 9.67 Å². The predicted octanol–water partition coefficient (Wildman–Crippen LogP) is 4.61. The van der Waals surface area contributed by atoms with Gasteiger partial charge >= 0.3 is 0 Å². The molecule has 0 spiro atoms. The number of aromatic amines is 1. The molecule has 2 aromatic carbocycles. The fourth-order valence-electron chi connectivity index (χ4n) is 5.05. The molecule has 5 aromatic rings. The van der Waals surface area contributed by atoms with Crippen molar-refractivity contribution >= 4 is 11.0 Å². The first-order valence-corrected chi connectivity index (χ1v) is 11.7. The van der Waals surface area contributed by atoms with E-state index in [1.54, 1.807) is 0 Å². The van der Waals surface area contributed by atoms with Gasteiger partial charge in [-0.25, -0.2) is 10.1 Å². The Bertz CT molecular complexity index is 1470. The molecule has 10 heteroatoms. The van der Waals surface area contributed by atoms with E-state index >= 15 is 0 Å². The molecule has 1 aliphatic carbocycles. The molecule has 6 rings (SSSR count). The van der Waals surface area contributed by atoms with Crippen LogP contribution in [0.15, 0.2) is 48.5 Å². The lowest BCUT2D eigenvalue weighted by Gasteiger charge is -2.22. The van der Waals surface area contributed by atoms with Crippen molar-refractivity contribution < 1.29 is 9.50 Å². The summed E-state index contributed by atoms with van der Waals surface area (Å²) in [5.74, 6) is 0.544. The lowest BCUT2D eigenvalue weighted by Crippen LogP contribution is -2.13. The summed E-state index contributed by atoms with van der Waals surface area (Å²) in [6.07, 6.45) is 5.44. The molecule has 176 valence electrons. The molecule has 35 heavy (non-hydrogen) atoms. The van der Waals surface area contributed by atoms with Gasteiger partial charge in [-0.1, -0.05) is 67.8 Å². The number of halogens is 1. The Hall–Kier alpha value is -4.21. The van der Waals surface area contributed by atoms with Crippen LogP contribution in [0.5, 0.6) is 5.88 Å². The molecule has 0 aliphatic heterocycles. The first-order chi connectivity index (χ1) is 17.2. The van der Waals surface area contributed by atoms with Crippen molar-refractivity contribution in [2.45, 2.75) is 44.6 Å². The summed E-state index contributed by atoms with van der Waals surface area (Å²) in [7, 11) is 0. The van der Waals surface area contributed by atoms with Crippen molar-refractivity contribution in [3.05, 3.63) is 65.9 Å². The van der Waals surface area contributed by atoms with Crippen molar-refractivity contribution in [1.29, 1.82) is 0 Å². The second-order valence-electron chi connectivity index (χ2n) is 8.90. The molecule has 0 unspecified atom stereocenters. The average Bonchev–Trinajstić information content (AvgIpc) is 3.57. The van der Waals surface area contributed by atoms with Crippen molar-refractivity contribution in [2.75, 3.05) is 0 Å². The molecule has 0 radical (unpaired) electrons. The highest BCUT2D eigenvalue weighted by atomic mass is 19.1. The Labute approximate surface area is 200 Å². The molecule has 0 amide bonds. The van der Waals surface area contributed by atoms with E-state index in [-0.39, 0.29) is 17.3 Å². The average molecular weight is 471 g/mol. The normalized spacial score (nSPS) is 14.5. The predicted molar refractivity (Wildman–Crippen MR) is 127 cm³/mol. The van der Waals surface area contributed by atoms with E-state index in [4.69, 9.17) is 0 Å². The maximum Gasteiger partial charge on any atom is 0.261 e. The molecule has 0 saturated heterocycles. The van der Waals surface area contributed by atoms with Gasteiger partial charge in [-0.05, 0) is 40.0 Å². The van der Waals surface area contributed by atoms with Gasteiger partial charge in [0.2, 0.25) is 0 Å². The molecular formula is C25H23FN8O. The van der Waals surface area contributed by atoms with Crippen molar-refractivity contribution in [3.8, 4) is 28.4 Å². The minimum atomic E-state index is -0.762. The summed E-state index contributed by atoms with van der Waals surface area (Å²) in [4.78, 5) is 4.60. The highest BCUT2D eigenvalue weighted by molar-refractivity contribution is 5.81. The fourth-order valence-corrected chi connectivity index (χ4v) is 5.05. The van der Waals surface area contributed by atoms with Crippen LogP contribution in [0.4, 0.5) is 4.39 Å². The van der Waals surface area contributed by atoms with E-state index < -0.39 is 5.95 Å². The molecule has 3 heterocycles. The number of H-pyrrole nitrogens is 1. The molecule has 1 saturated carbocycles. The highest BCUT2D eigenvalue weighted by Crippen LogP contribution is 2.36. The number of nitrogens with zero attached hydrogens (tertiary/aromatic N) is 7. The van der Waals surface area contributed by atoms with Crippen LogP contribution < -0.4 is 0 Å². The van der Waals surface area contributed by atoms with Gasteiger partial charge in [-0.2, -0.15) is 4.39 Å². The first kappa shape index (κ1) is 21.3. The van der Waals surface area contributed by atoms with Crippen molar-refractivity contribution in [3.63, 3.8) is 0 Å². The lowest BCUT2D eigenvalue weighted by molar-refractivity contribution is 0.417. The van der Waals surface area contributed by atoms with Crippen LogP contribution in [-0.2, 0) is 6.54 Å². The third kappa shape index (κ3) is 3.90. The minimum Gasteiger partial charge on any atom is -0.491 e. The van der Waals surface area contributed by atoms with E-state index in [1.165, 1.54) is 6.42 Å². The van der Waals surface area contributed by atoms with E-state index in [0.717, 1.165) is 53.8 Å². The van der Waals surface area contributed by atoms with E-state index in [9.17, 15) is 9.50 Å². The van der Waals surface area contributed by atoms with Crippen LogP contribution in [0.1, 0.15) is 49.4 Å².